The number of carbonyl (C=O) groups excluding carboxylic acids is 2. The Morgan fingerprint density at radius 2 is 1.87 bits per heavy atom. The molecule has 2 heterocycles. The van der Waals surface area contributed by atoms with Gasteiger partial charge in [0.05, 0.1) is 21.0 Å². The molecule has 0 fully saturated rings. The molecule has 4 aromatic rings. The molecule has 0 atom stereocenters. The molecular formula is C21H14ClN3O5. The maximum Gasteiger partial charge on any atom is 0.298 e. The molecule has 0 spiro atoms. The summed E-state index contributed by atoms with van der Waals surface area (Å²) in [4.78, 5) is 35.6. The summed E-state index contributed by atoms with van der Waals surface area (Å²) in [7, 11) is 0. The number of halogens is 1. The van der Waals surface area contributed by atoms with Crippen LogP contribution in [-0.4, -0.2) is 21.3 Å². The summed E-state index contributed by atoms with van der Waals surface area (Å²) in [6.07, 6.45) is 0. The van der Waals surface area contributed by atoms with Crippen molar-refractivity contribution in [1.29, 1.82) is 0 Å². The number of non-ortho nitro benzene ring substituents is 1. The van der Waals surface area contributed by atoms with Crippen LogP contribution >= 0.6 is 11.6 Å². The van der Waals surface area contributed by atoms with Crippen molar-refractivity contribution >= 4 is 40.0 Å². The van der Waals surface area contributed by atoms with Crippen LogP contribution in [-0.2, 0) is 0 Å². The Bertz CT molecular complexity index is 1350. The largest absolute Gasteiger partial charge is 0.451 e. The third-order valence-electron chi connectivity index (χ3n) is 4.80. The molecular weight excluding hydrogens is 410 g/mol. The van der Waals surface area contributed by atoms with Crippen LogP contribution in [0, 0.1) is 17.0 Å². The number of para-hydroxylation sites is 1. The second kappa shape index (κ2) is 7.16. The molecule has 8 nitrogen and oxygen atoms in total. The van der Waals surface area contributed by atoms with Crippen LogP contribution in [0.5, 0.6) is 0 Å². The van der Waals surface area contributed by atoms with Gasteiger partial charge in [0.1, 0.15) is 5.76 Å². The fourth-order valence-corrected chi connectivity index (χ4v) is 3.67. The zero-order valence-corrected chi connectivity index (χ0v) is 16.3. The molecule has 0 unspecified atom stereocenters. The first-order chi connectivity index (χ1) is 14.3. The predicted octanol–water partition coefficient (Wildman–Crippen LogP) is 4.56. The highest BCUT2D eigenvalue weighted by atomic mass is 35.5. The maximum absolute atomic E-state index is 13.2. The van der Waals surface area contributed by atoms with Crippen LogP contribution in [0.2, 0.25) is 5.02 Å². The Morgan fingerprint density at radius 3 is 2.57 bits per heavy atom. The third-order valence-corrected chi connectivity index (χ3v) is 5.13. The normalized spacial score (nSPS) is 11.0. The predicted molar refractivity (Wildman–Crippen MR) is 111 cm³/mol. The molecule has 2 aromatic carbocycles. The smallest absolute Gasteiger partial charge is 0.298 e. The summed E-state index contributed by atoms with van der Waals surface area (Å²) >= 11 is 6.16. The molecule has 1 amide bonds. The molecule has 0 radical (unpaired) electrons. The number of nitro benzene ring substituents is 1. The summed E-state index contributed by atoms with van der Waals surface area (Å²) in [5.74, 6) is -0.966. The Kier molecular flexibility index (Phi) is 4.63. The molecule has 0 saturated carbocycles. The first-order valence-corrected chi connectivity index (χ1v) is 9.16. The molecule has 0 aliphatic rings. The van der Waals surface area contributed by atoms with E-state index in [9.17, 15) is 19.7 Å². The SMILES string of the molecule is Cc1c(C(N)=O)c2ccccc2n1C(=O)c1ccc(-c2cc([N+](=O)[O-])ccc2Cl)o1. The van der Waals surface area contributed by atoms with E-state index in [1.54, 1.807) is 31.2 Å². The summed E-state index contributed by atoms with van der Waals surface area (Å²) < 4.78 is 7.04. The van der Waals surface area contributed by atoms with Gasteiger partial charge in [0.15, 0.2) is 5.76 Å². The number of nitro groups is 1. The van der Waals surface area contributed by atoms with E-state index in [4.69, 9.17) is 21.8 Å². The summed E-state index contributed by atoms with van der Waals surface area (Å²) in [6.45, 7) is 1.62. The first-order valence-electron chi connectivity index (χ1n) is 8.78. The van der Waals surface area contributed by atoms with Gasteiger partial charge in [0.25, 0.3) is 17.5 Å². The number of fused-ring (bicyclic) bond motifs is 1. The number of nitrogens with two attached hydrogens (primary N) is 1. The van der Waals surface area contributed by atoms with Gasteiger partial charge >= 0.3 is 0 Å². The number of rotatable bonds is 4. The number of furan rings is 1. The van der Waals surface area contributed by atoms with Gasteiger partial charge in [0.2, 0.25) is 0 Å². The minimum absolute atomic E-state index is 0.0209. The second-order valence-electron chi connectivity index (χ2n) is 6.57. The first kappa shape index (κ1) is 19.4. The number of hydrogen-bond acceptors (Lipinski definition) is 5. The van der Waals surface area contributed by atoms with Crippen LogP contribution in [0.25, 0.3) is 22.2 Å². The maximum atomic E-state index is 13.2. The molecule has 2 aromatic heterocycles. The number of carbonyl (C=O) groups is 2. The van der Waals surface area contributed by atoms with Crippen LogP contribution in [0.4, 0.5) is 5.69 Å². The standard InChI is InChI=1S/C21H14ClN3O5/c1-11-19(20(23)26)13-4-2-3-5-16(13)24(11)21(27)18-9-8-17(30-18)14-10-12(25(28)29)6-7-15(14)22/h2-10H,1H3,(H2,23,26). The van der Waals surface area contributed by atoms with Crippen molar-refractivity contribution in [3.63, 3.8) is 0 Å². The zero-order valence-electron chi connectivity index (χ0n) is 15.6. The average molecular weight is 424 g/mol. The van der Waals surface area contributed by atoms with E-state index >= 15 is 0 Å². The fraction of sp³-hybridized carbons (Fsp3) is 0.0476. The second-order valence-corrected chi connectivity index (χ2v) is 6.97. The molecule has 0 aliphatic heterocycles. The van der Waals surface area contributed by atoms with E-state index < -0.39 is 16.7 Å². The highest BCUT2D eigenvalue weighted by Crippen LogP contribution is 2.33. The van der Waals surface area contributed by atoms with Crippen LogP contribution in [0.3, 0.4) is 0 Å². The number of aromatic nitrogens is 1. The van der Waals surface area contributed by atoms with Gasteiger partial charge in [-0.1, -0.05) is 29.8 Å². The van der Waals surface area contributed by atoms with Gasteiger partial charge < -0.3 is 10.2 Å². The Morgan fingerprint density at radius 1 is 1.13 bits per heavy atom. The average Bonchev–Trinajstić information content (AvgIpc) is 3.30. The van der Waals surface area contributed by atoms with E-state index in [1.165, 1.54) is 34.9 Å². The molecule has 0 bridgehead atoms. The van der Waals surface area contributed by atoms with Crippen molar-refractivity contribution in [3.05, 3.63) is 86.8 Å². The lowest BCUT2D eigenvalue weighted by Crippen LogP contribution is -2.16. The minimum Gasteiger partial charge on any atom is -0.451 e. The van der Waals surface area contributed by atoms with Gasteiger partial charge in [0, 0.05) is 28.8 Å². The third kappa shape index (κ3) is 3.03. The number of benzene rings is 2. The lowest BCUT2D eigenvalue weighted by molar-refractivity contribution is -0.384. The summed E-state index contributed by atoms with van der Waals surface area (Å²) in [6, 6.07) is 13.8. The monoisotopic (exact) mass is 423 g/mol. The molecule has 0 aliphatic carbocycles. The number of primary amides is 1. The van der Waals surface area contributed by atoms with Gasteiger partial charge in [-0.2, -0.15) is 0 Å². The highest BCUT2D eigenvalue weighted by molar-refractivity contribution is 6.33. The van der Waals surface area contributed by atoms with Gasteiger partial charge in [-0.3, -0.25) is 24.3 Å². The van der Waals surface area contributed by atoms with E-state index in [0.717, 1.165) is 0 Å². The highest BCUT2D eigenvalue weighted by Gasteiger charge is 2.24. The summed E-state index contributed by atoms with van der Waals surface area (Å²) in [5.41, 5.74) is 6.80. The molecule has 4 rings (SSSR count). The van der Waals surface area contributed by atoms with E-state index in [2.05, 4.69) is 0 Å². The Hall–Kier alpha value is -3.91. The lowest BCUT2D eigenvalue weighted by Gasteiger charge is -2.05. The molecule has 150 valence electrons. The van der Waals surface area contributed by atoms with Crippen molar-refractivity contribution in [1.82, 2.24) is 4.57 Å². The van der Waals surface area contributed by atoms with Crippen molar-refractivity contribution in [3.8, 4) is 11.3 Å². The van der Waals surface area contributed by atoms with E-state index in [0.29, 0.717) is 16.6 Å². The van der Waals surface area contributed by atoms with Crippen molar-refractivity contribution in [2.24, 2.45) is 5.73 Å². The van der Waals surface area contributed by atoms with Crippen molar-refractivity contribution in [2.45, 2.75) is 6.92 Å². The van der Waals surface area contributed by atoms with Crippen LogP contribution in [0.1, 0.15) is 26.6 Å². The topological polar surface area (TPSA) is 121 Å². The molecule has 30 heavy (non-hydrogen) atoms. The Balaban J connectivity index is 1.82. The quantitative estimate of drug-likeness (QED) is 0.381. The van der Waals surface area contributed by atoms with Gasteiger partial charge in [-0.25, -0.2) is 0 Å². The number of hydrogen-bond donors (Lipinski definition) is 1. The minimum atomic E-state index is -0.640. The van der Waals surface area contributed by atoms with E-state index in [-0.39, 0.29) is 33.4 Å². The lowest BCUT2D eigenvalue weighted by atomic mass is 10.1. The molecule has 9 heteroatoms. The summed E-state index contributed by atoms with van der Waals surface area (Å²) in [5, 5.41) is 11.9. The van der Waals surface area contributed by atoms with E-state index in [1.807, 2.05) is 0 Å². The van der Waals surface area contributed by atoms with Crippen molar-refractivity contribution in [2.75, 3.05) is 0 Å². The number of amides is 1. The number of nitrogens with zero attached hydrogens (tertiary/aromatic N) is 2. The van der Waals surface area contributed by atoms with Gasteiger partial charge in [-0.15, -0.1) is 0 Å². The molecule has 0 saturated heterocycles. The van der Waals surface area contributed by atoms with Crippen molar-refractivity contribution < 1.29 is 18.9 Å². The zero-order chi connectivity index (χ0) is 21.6. The molecule has 2 N–H and O–H groups in total. The van der Waals surface area contributed by atoms with Gasteiger partial charge in [-0.05, 0) is 31.2 Å². The van der Waals surface area contributed by atoms with Crippen LogP contribution in [0.15, 0.2) is 59.0 Å². The Labute approximate surface area is 174 Å². The fourth-order valence-electron chi connectivity index (χ4n) is 3.46. The van der Waals surface area contributed by atoms with Crippen LogP contribution < -0.4 is 5.73 Å².